The molecule has 25 heteroatoms. The van der Waals surface area contributed by atoms with Crippen molar-refractivity contribution in [1.82, 2.24) is 60.3 Å². The van der Waals surface area contributed by atoms with E-state index in [1.165, 1.54) is 22.6 Å². The standard InChI is InChI=1S/C56H64Cl2N16O7/c1-28-21-62-40(32(5)45(28)79-7)25-73-49-43(47(57)67-55(59)69-49)34(53(73)77)19-38-31(4)37(24-64-38)52(76)61-12-16-72-17-18-81-42(27-72)66-56-68-48(58)44-35(20-39-30(3)36(23-65-39)51(75)60-11-15-71-13-9-10-14-71)54(78)74(50(44)70-56)26-41-33(6)46(80-8)29(2)22-63-41/h19-24,42,64-65H,9-18,25-27H2,1-8H3,(H,60,75)(H,61,76)(H2,59,67,69)(H,66,68,70)/b34-19-,35-20-. The number of nitrogens with one attached hydrogen (secondary N) is 5. The predicted octanol–water partition coefficient (Wildman–Crippen LogP) is 5.97. The number of aryl methyl sites for hydroxylation is 2. The lowest BCUT2D eigenvalue weighted by Crippen LogP contribution is -2.48. The van der Waals surface area contributed by atoms with Gasteiger partial charge in [0.2, 0.25) is 11.9 Å². The molecule has 4 aliphatic rings. The summed E-state index contributed by atoms with van der Waals surface area (Å²) in [5.74, 6) is 0.585. The molecule has 81 heavy (non-hydrogen) atoms. The van der Waals surface area contributed by atoms with Crippen LogP contribution in [0.4, 0.5) is 23.5 Å². The lowest BCUT2D eigenvalue weighted by molar-refractivity contribution is -0.113. The summed E-state index contributed by atoms with van der Waals surface area (Å²) < 4.78 is 17.4. The minimum absolute atomic E-state index is 0.00960. The predicted molar refractivity (Wildman–Crippen MR) is 308 cm³/mol. The average molecular weight is 1140 g/mol. The van der Waals surface area contributed by atoms with Gasteiger partial charge in [0.15, 0.2) is 11.6 Å². The molecular weight excluding hydrogens is 1080 g/mol. The maximum Gasteiger partial charge on any atom is 0.260 e. The van der Waals surface area contributed by atoms with E-state index >= 15 is 0 Å². The van der Waals surface area contributed by atoms with Crippen LogP contribution >= 0.6 is 23.2 Å². The fourth-order valence-corrected chi connectivity index (χ4v) is 11.4. The fourth-order valence-electron chi connectivity index (χ4n) is 10.9. The zero-order valence-electron chi connectivity index (χ0n) is 46.4. The van der Waals surface area contributed by atoms with Crippen LogP contribution in [0.25, 0.3) is 23.3 Å². The third-order valence-corrected chi connectivity index (χ3v) is 15.9. The highest BCUT2D eigenvalue weighted by Gasteiger charge is 2.40. The number of morpholine rings is 1. The van der Waals surface area contributed by atoms with E-state index in [-0.39, 0.29) is 75.8 Å². The lowest BCUT2D eigenvalue weighted by Gasteiger charge is -2.33. The number of carbonyl (C=O) groups is 4. The van der Waals surface area contributed by atoms with Crippen molar-refractivity contribution in [2.45, 2.75) is 73.7 Å². The number of carbonyl (C=O) groups excluding carboxylic acids is 4. The number of halogens is 2. The number of amides is 4. The summed E-state index contributed by atoms with van der Waals surface area (Å²) >= 11 is 13.7. The molecule has 10 heterocycles. The second kappa shape index (κ2) is 23.6. The number of fused-ring (bicyclic) bond motifs is 2. The summed E-state index contributed by atoms with van der Waals surface area (Å²) in [6, 6.07) is 0. The van der Waals surface area contributed by atoms with E-state index in [1.807, 2.05) is 34.6 Å². The molecule has 23 nitrogen and oxygen atoms in total. The van der Waals surface area contributed by atoms with E-state index in [2.05, 4.69) is 60.6 Å². The molecule has 0 aliphatic carbocycles. The number of aromatic amines is 2. The number of aromatic nitrogens is 8. The highest BCUT2D eigenvalue weighted by Crippen LogP contribution is 2.44. The average Bonchev–Trinajstić information content (AvgIpc) is 3.71. The Morgan fingerprint density at radius 2 is 1.20 bits per heavy atom. The molecule has 6 aromatic rings. The third kappa shape index (κ3) is 11.3. The van der Waals surface area contributed by atoms with Gasteiger partial charge in [0.25, 0.3) is 23.6 Å². The number of hydrogen-bond acceptors (Lipinski definition) is 17. The van der Waals surface area contributed by atoms with Gasteiger partial charge >= 0.3 is 0 Å². The lowest BCUT2D eigenvalue weighted by atomic mass is 10.1. The van der Waals surface area contributed by atoms with E-state index in [9.17, 15) is 19.2 Å². The number of nitrogens with two attached hydrogens (primary N) is 1. The van der Waals surface area contributed by atoms with Crippen LogP contribution in [-0.2, 0) is 27.4 Å². The van der Waals surface area contributed by atoms with E-state index in [0.717, 1.165) is 41.9 Å². The Morgan fingerprint density at radius 3 is 1.72 bits per heavy atom. The number of methoxy groups -OCH3 is 2. The summed E-state index contributed by atoms with van der Waals surface area (Å²) in [7, 11) is 3.18. The van der Waals surface area contributed by atoms with E-state index in [0.29, 0.717) is 107 Å². The van der Waals surface area contributed by atoms with Crippen molar-refractivity contribution in [3.63, 3.8) is 0 Å². The number of nitrogens with zero attached hydrogens (tertiary/aromatic N) is 10. The second-order valence-corrected chi connectivity index (χ2v) is 21.2. The summed E-state index contributed by atoms with van der Waals surface area (Å²) in [6.07, 6.45) is 11.7. The first-order valence-electron chi connectivity index (χ1n) is 26.7. The first-order valence-corrected chi connectivity index (χ1v) is 27.4. The normalized spacial score (nSPS) is 17.4. The summed E-state index contributed by atoms with van der Waals surface area (Å²) in [5.41, 5.74) is 14.8. The molecule has 7 N–H and O–H groups in total. The van der Waals surface area contributed by atoms with Crippen molar-refractivity contribution in [3.8, 4) is 11.5 Å². The number of ether oxygens (including phenoxy) is 3. The monoisotopic (exact) mass is 1140 g/mol. The van der Waals surface area contributed by atoms with Gasteiger partial charge in [-0.15, -0.1) is 0 Å². The molecule has 2 saturated heterocycles. The van der Waals surface area contributed by atoms with Gasteiger partial charge in [-0.2, -0.15) is 9.97 Å². The smallest absolute Gasteiger partial charge is 0.260 e. The molecule has 4 amide bonds. The van der Waals surface area contributed by atoms with Crippen LogP contribution in [0.15, 0.2) is 24.8 Å². The van der Waals surface area contributed by atoms with Gasteiger partial charge in [-0.05, 0) is 90.8 Å². The molecule has 2 fully saturated rings. The van der Waals surface area contributed by atoms with Gasteiger partial charge in [0, 0.05) is 97.7 Å². The quantitative estimate of drug-likeness (QED) is 0.0427. The van der Waals surface area contributed by atoms with Crippen LogP contribution in [-0.4, -0.2) is 153 Å². The number of hydrogen-bond donors (Lipinski definition) is 6. The molecule has 6 aromatic heterocycles. The highest BCUT2D eigenvalue weighted by molar-refractivity contribution is 6.42. The number of H-pyrrole nitrogens is 2. The minimum Gasteiger partial charge on any atom is -0.496 e. The van der Waals surface area contributed by atoms with Crippen molar-refractivity contribution >= 4 is 93.7 Å². The third-order valence-electron chi connectivity index (χ3n) is 15.3. The Morgan fingerprint density at radius 1 is 0.704 bits per heavy atom. The number of likely N-dealkylation sites (tertiary alicyclic amines) is 1. The Bertz CT molecular complexity index is 3550. The van der Waals surface area contributed by atoms with Gasteiger partial charge in [0.05, 0.1) is 78.7 Å². The van der Waals surface area contributed by atoms with Crippen molar-refractivity contribution < 1.29 is 33.4 Å². The van der Waals surface area contributed by atoms with Crippen LogP contribution < -0.4 is 41.0 Å². The zero-order valence-corrected chi connectivity index (χ0v) is 47.9. The van der Waals surface area contributed by atoms with Gasteiger partial charge in [0.1, 0.15) is 28.0 Å². The van der Waals surface area contributed by atoms with Crippen LogP contribution in [0.5, 0.6) is 11.5 Å². The molecular formula is C56H64Cl2N16O7. The molecule has 1 atom stereocenters. The topological polar surface area (TPSA) is 280 Å². The Kier molecular flexibility index (Phi) is 16.4. The number of rotatable bonds is 18. The van der Waals surface area contributed by atoms with Gasteiger partial charge in [-0.3, -0.25) is 43.8 Å². The van der Waals surface area contributed by atoms with E-state index in [4.69, 9.17) is 48.1 Å². The maximum atomic E-state index is 14.7. The zero-order chi connectivity index (χ0) is 57.4. The Hall–Kier alpha value is -7.96. The molecule has 1 unspecified atom stereocenters. The second-order valence-electron chi connectivity index (χ2n) is 20.4. The first kappa shape index (κ1) is 56.3. The number of anilines is 4. The van der Waals surface area contributed by atoms with Gasteiger partial charge in [-0.25, -0.2) is 9.97 Å². The SMILES string of the molecule is COc1c(C)cnc(CN2C(=O)/C(=C\c3[nH]cc(C(=O)NCCN4CCOC(Nc5nc(Cl)c6c(n5)N(Cc5ncc(C)c(OC)c5C)C(=O)/C6=C\c5[nH]cc(C(=O)NCCN6CCCC6)c5C)C4)c3C)c3c(Cl)nc(N)nc32)c1C. The largest absolute Gasteiger partial charge is 0.496 e. The molecule has 0 bridgehead atoms. The first-order chi connectivity index (χ1) is 38.9. The molecule has 0 radical (unpaired) electrons. The highest BCUT2D eigenvalue weighted by atomic mass is 35.5. The van der Waals surface area contributed by atoms with Crippen molar-refractivity contribution in [3.05, 3.63) is 114 Å². The van der Waals surface area contributed by atoms with Crippen LogP contribution in [0, 0.1) is 41.5 Å². The Labute approximate surface area is 478 Å². The minimum atomic E-state index is -0.590. The fraction of sp³-hybridized carbons (Fsp3) is 0.393. The summed E-state index contributed by atoms with van der Waals surface area (Å²) in [4.78, 5) is 97.1. The maximum absolute atomic E-state index is 14.7. The van der Waals surface area contributed by atoms with E-state index < -0.39 is 12.1 Å². The molecule has 0 aromatic carbocycles. The molecule has 424 valence electrons. The molecule has 10 rings (SSSR count). The van der Waals surface area contributed by atoms with Crippen LogP contribution in [0.3, 0.4) is 0 Å². The molecule has 0 spiro atoms. The summed E-state index contributed by atoms with van der Waals surface area (Å²) in [5, 5.41) is 9.38. The summed E-state index contributed by atoms with van der Waals surface area (Å²) in [6.45, 7) is 16.8. The number of nitrogen functional groups attached to an aromatic ring is 1. The van der Waals surface area contributed by atoms with Crippen molar-refractivity contribution in [1.29, 1.82) is 0 Å². The van der Waals surface area contributed by atoms with E-state index in [1.54, 1.807) is 58.1 Å². The number of pyridine rings is 2. The van der Waals surface area contributed by atoms with Crippen LogP contribution in [0.2, 0.25) is 10.3 Å². The molecule has 4 aliphatic heterocycles. The van der Waals surface area contributed by atoms with Crippen molar-refractivity contribution in [2.24, 2.45) is 0 Å². The van der Waals surface area contributed by atoms with Gasteiger partial charge < -0.3 is 50.8 Å². The van der Waals surface area contributed by atoms with Crippen LogP contribution in [0.1, 0.15) is 101 Å². The Balaban J connectivity index is 0.817. The van der Waals surface area contributed by atoms with Crippen molar-refractivity contribution in [2.75, 3.05) is 94.0 Å². The van der Waals surface area contributed by atoms with Gasteiger partial charge in [-0.1, -0.05) is 23.2 Å². The molecule has 0 saturated carbocycles.